The Balaban J connectivity index is 3.13. The standard InChI is InChI=1S/C11H14OS/c1-7(2)9-4-5-10(8(3)12)11(13)6-9/h4-7,13H,1-3H3. The van der Waals surface area contributed by atoms with Gasteiger partial charge in [0.2, 0.25) is 0 Å². The van der Waals surface area contributed by atoms with Crippen LogP contribution in [0.15, 0.2) is 23.1 Å². The van der Waals surface area contributed by atoms with Gasteiger partial charge >= 0.3 is 0 Å². The first kappa shape index (κ1) is 10.3. The van der Waals surface area contributed by atoms with E-state index in [9.17, 15) is 4.79 Å². The zero-order valence-electron chi connectivity index (χ0n) is 8.16. The van der Waals surface area contributed by atoms with E-state index in [4.69, 9.17) is 0 Å². The fourth-order valence-electron chi connectivity index (χ4n) is 1.21. The zero-order chi connectivity index (χ0) is 10.0. The number of Topliss-reactive ketones (excluding diaryl/α,β-unsaturated/α-hetero) is 1. The molecule has 1 nitrogen and oxygen atoms in total. The number of ketones is 1. The molecule has 0 atom stereocenters. The Kier molecular flexibility index (Phi) is 3.15. The summed E-state index contributed by atoms with van der Waals surface area (Å²) in [6, 6.07) is 5.80. The lowest BCUT2D eigenvalue weighted by Gasteiger charge is -2.07. The van der Waals surface area contributed by atoms with E-state index in [0.717, 1.165) is 4.90 Å². The molecule has 0 aliphatic rings. The highest BCUT2D eigenvalue weighted by atomic mass is 32.1. The summed E-state index contributed by atoms with van der Waals surface area (Å²) in [5, 5.41) is 0. The summed E-state index contributed by atoms with van der Waals surface area (Å²) in [4.78, 5) is 11.9. The number of carbonyl (C=O) groups is 1. The Morgan fingerprint density at radius 2 is 2.00 bits per heavy atom. The van der Waals surface area contributed by atoms with Crippen molar-refractivity contribution in [2.45, 2.75) is 31.6 Å². The normalized spacial score (nSPS) is 10.5. The molecule has 0 heterocycles. The van der Waals surface area contributed by atoms with Crippen molar-refractivity contribution in [3.63, 3.8) is 0 Å². The van der Waals surface area contributed by atoms with Crippen LogP contribution in [0.5, 0.6) is 0 Å². The number of hydrogen-bond donors (Lipinski definition) is 1. The summed E-state index contributed by atoms with van der Waals surface area (Å²) in [5.41, 5.74) is 1.92. The molecular formula is C11H14OS. The maximum atomic E-state index is 11.1. The van der Waals surface area contributed by atoms with Gasteiger partial charge in [0.1, 0.15) is 0 Å². The molecule has 70 valence electrons. The molecular weight excluding hydrogens is 180 g/mol. The SMILES string of the molecule is CC(=O)c1ccc(C(C)C)cc1S. The second kappa shape index (κ2) is 3.97. The van der Waals surface area contributed by atoms with E-state index < -0.39 is 0 Å². The highest BCUT2D eigenvalue weighted by Gasteiger charge is 2.06. The van der Waals surface area contributed by atoms with Crippen molar-refractivity contribution in [1.82, 2.24) is 0 Å². The smallest absolute Gasteiger partial charge is 0.160 e. The first-order valence-electron chi connectivity index (χ1n) is 4.36. The molecule has 0 saturated heterocycles. The third kappa shape index (κ3) is 2.34. The van der Waals surface area contributed by atoms with Crippen LogP contribution in [0.4, 0.5) is 0 Å². The van der Waals surface area contributed by atoms with Gasteiger partial charge in [-0.15, -0.1) is 12.6 Å². The van der Waals surface area contributed by atoms with Crippen molar-refractivity contribution in [2.24, 2.45) is 0 Å². The molecule has 0 N–H and O–H groups in total. The molecule has 0 saturated carbocycles. The third-order valence-electron chi connectivity index (χ3n) is 2.07. The fourth-order valence-corrected chi connectivity index (χ4v) is 1.59. The Morgan fingerprint density at radius 3 is 2.38 bits per heavy atom. The molecule has 0 bridgehead atoms. The molecule has 1 aromatic carbocycles. The molecule has 1 aromatic rings. The van der Waals surface area contributed by atoms with E-state index in [2.05, 4.69) is 26.5 Å². The van der Waals surface area contributed by atoms with Crippen LogP contribution in [0.25, 0.3) is 0 Å². The van der Waals surface area contributed by atoms with Gasteiger partial charge in [-0.25, -0.2) is 0 Å². The summed E-state index contributed by atoms with van der Waals surface area (Å²) in [7, 11) is 0. The lowest BCUT2D eigenvalue weighted by Crippen LogP contribution is -1.96. The van der Waals surface area contributed by atoms with Crippen molar-refractivity contribution in [1.29, 1.82) is 0 Å². The lowest BCUT2D eigenvalue weighted by atomic mass is 10.0. The van der Waals surface area contributed by atoms with E-state index in [1.807, 2.05) is 18.2 Å². The van der Waals surface area contributed by atoms with Crippen molar-refractivity contribution in [3.05, 3.63) is 29.3 Å². The highest BCUT2D eigenvalue weighted by Crippen LogP contribution is 2.21. The molecule has 0 aliphatic heterocycles. The van der Waals surface area contributed by atoms with Gasteiger partial charge < -0.3 is 0 Å². The Bertz CT molecular complexity index is 329. The van der Waals surface area contributed by atoms with Crippen LogP contribution in [0.2, 0.25) is 0 Å². The number of benzene rings is 1. The van der Waals surface area contributed by atoms with E-state index in [0.29, 0.717) is 11.5 Å². The van der Waals surface area contributed by atoms with Crippen LogP contribution >= 0.6 is 12.6 Å². The van der Waals surface area contributed by atoms with Crippen LogP contribution in [-0.2, 0) is 0 Å². The van der Waals surface area contributed by atoms with E-state index >= 15 is 0 Å². The summed E-state index contributed by atoms with van der Waals surface area (Å²) in [6.45, 7) is 5.80. The van der Waals surface area contributed by atoms with Crippen LogP contribution < -0.4 is 0 Å². The van der Waals surface area contributed by atoms with E-state index in [-0.39, 0.29) is 5.78 Å². The van der Waals surface area contributed by atoms with E-state index in [1.165, 1.54) is 5.56 Å². The molecule has 0 spiro atoms. The first-order valence-corrected chi connectivity index (χ1v) is 4.81. The minimum absolute atomic E-state index is 0.0697. The van der Waals surface area contributed by atoms with Gasteiger partial charge in [-0.1, -0.05) is 26.0 Å². The van der Waals surface area contributed by atoms with Gasteiger partial charge in [0.05, 0.1) is 0 Å². The molecule has 0 aliphatic carbocycles. The van der Waals surface area contributed by atoms with Gasteiger partial charge in [0.25, 0.3) is 0 Å². The van der Waals surface area contributed by atoms with Gasteiger partial charge in [-0.05, 0) is 24.5 Å². The minimum atomic E-state index is 0.0697. The van der Waals surface area contributed by atoms with Crippen LogP contribution in [-0.4, -0.2) is 5.78 Å². The average molecular weight is 194 g/mol. The quantitative estimate of drug-likeness (QED) is 0.564. The number of thiol groups is 1. The molecule has 0 unspecified atom stereocenters. The Morgan fingerprint density at radius 1 is 1.38 bits per heavy atom. The van der Waals surface area contributed by atoms with E-state index in [1.54, 1.807) is 6.92 Å². The summed E-state index contributed by atoms with van der Waals surface area (Å²) < 4.78 is 0. The molecule has 1 rings (SSSR count). The monoisotopic (exact) mass is 194 g/mol. The maximum Gasteiger partial charge on any atom is 0.160 e. The molecule has 0 radical (unpaired) electrons. The number of carbonyl (C=O) groups excluding carboxylic acids is 1. The topological polar surface area (TPSA) is 17.1 Å². The van der Waals surface area contributed by atoms with Crippen molar-refractivity contribution in [2.75, 3.05) is 0 Å². The third-order valence-corrected chi connectivity index (χ3v) is 2.44. The average Bonchev–Trinajstić information content (AvgIpc) is 2.03. The highest BCUT2D eigenvalue weighted by molar-refractivity contribution is 7.80. The molecule has 13 heavy (non-hydrogen) atoms. The van der Waals surface area contributed by atoms with Gasteiger partial charge in [-0.2, -0.15) is 0 Å². The van der Waals surface area contributed by atoms with Crippen molar-refractivity contribution < 1.29 is 4.79 Å². The predicted octanol–water partition coefficient (Wildman–Crippen LogP) is 3.30. The van der Waals surface area contributed by atoms with Gasteiger partial charge in [0, 0.05) is 10.5 Å². The van der Waals surface area contributed by atoms with Gasteiger partial charge in [0.15, 0.2) is 5.78 Å². The fraction of sp³-hybridized carbons (Fsp3) is 0.364. The second-order valence-electron chi connectivity index (χ2n) is 3.49. The van der Waals surface area contributed by atoms with Crippen LogP contribution in [0.3, 0.4) is 0 Å². The number of rotatable bonds is 2. The van der Waals surface area contributed by atoms with Crippen molar-refractivity contribution in [3.8, 4) is 0 Å². The minimum Gasteiger partial charge on any atom is -0.294 e. The summed E-state index contributed by atoms with van der Waals surface area (Å²) >= 11 is 4.28. The summed E-state index contributed by atoms with van der Waals surface area (Å²) in [6.07, 6.45) is 0. The first-order chi connectivity index (χ1) is 6.02. The molecule has 0 aromatic heterocycles. The molecule has 0 amide bonds. The van der Waals surface area contributed by atoms with Crippen LogP contribution in [0.1, 0.15) is 42.6 Å². The Hall–Kier alpha value is -0.760. The zero-order valence-corrected chi connectivity index (χ0v) is 9.06. The summed E-state index contributed by atoms with van der Waals surface area (Å²) in [5.74, 6) is 0.548. The number of hydrogen-bond acceptors (Lipinski definition) is 2. The van der Waals surface area contributed by atoms with Crippen LogP contribution in [0, 0.1) is 0 Å². The second-order valence-corrected chi connectivity index (χ2v) is 3.97. The molecule has 2 heteroatoms. The molecule has 0 fully saturated rings. The maximum absolute atomic E-state index is 11.1. The van der Waals surface area contributed by atoms with Gasteiger partial charge in [-0.3, -0.25) is 4.79 Å². The lowest BCUT2D eigenvalue weighted by molar-refractivity contribution is 0.101. The largest absolute Gasteiger partial charge is 0.294 e. The predicted molar refractivity (Wildman–Crippen MR) is 57.8 cm³/mol. The van der Waals surface area contributed by atoms with Crippen molar-refractivity contribution >= 4 is 18.4 Å². The Labute approximate surface area is 84.6 Å².